The standard InChI is InChI=1S/C16H16BO5S/c18-16(19)13-8-4-7-12-9-14(17(20,21)22-15(12)13)23-10-11-5-2-1-3-6-11/h1-8,14,20-21H,9-10H2,(H,18,19)/q-1/t14-/m0/s1. The van der Waals surface area contributed by atoms with Gasteiger partial charge in [-0.2, -0.15) is 11.8 Å². The van der Waals surface area contributed by atoms with Crippen LogP contribution < -0.4 is 4.65 Å². The summed E-state index contributed by atoms with van der Waals surface area (Å²) in [5, 5.41) is 29.1. The summed E-state index contributed by atoms with van der Waals surface area (Å²) in [7, 11) is 0. The summed E-state index contributed by atoms with van der Waals surface area (Å²) >= 11 is 1.39. The molecule has 0 saturated heterocycles. The second-order valence-corrected chi connectivity index (χ2v) is 6.74. The Kier molecular flexibility index (Phi) is 4.34. The topological polar surface area (TPSA) is 87.0 Å². The highest BCUT2D eigenvalue weighted by Crippen LogP contribution is 2.37. The maximum absolute atomic E-state index is 11.2. The normalized spacial score (nSPS) is 18.8. The van der Waals surface area contributed by atoms with Crippen LogP contribution >= 0.6 is 11.8 Å². The third-order valence-corrected chi connectivity index (χ3v) is 5.28. The number of hydrogen-bond acceptors (Lipinski definition) is 5. The van der Waals surface area contributed by atoms with E-state index in [0.717, 1.165) is 5.56 Å². The molecule has 5 nitrogen and oxygen atoms in total. The first kappa shape index (κ1) is 15.9. The first-order valence-electron chi connectivity index (χ1n) is 7.26. The van der Waals surface area contributed by atoms with Gasteiger partial charge in [-0.1, -0.05) is 42.5 Å². The van der Waals surface area contributed by atoms with Crippen molar-refractivity contribution in [2.24, 2.45) is 0 Å². The van der Waals surface area contributed by atoms with Gasteiger partial charge in [-0.05, 0) is 28.8 Å². The van der Waals surface area contributed by atoms with Crippen molar-refractivity contribution >= 4 is 24.5 Å². The van der Waals surface area contributed by atoms with Gasteiger partial charge in [-0.25, -0.2) is 4.79 Å². The zero-order valence-electron chi connectivity index (χ0n) is 12.3. The second-order valence-electron chi connectivity index (χ2n) is 5.52. The summed E-state index contributed by atoms with van der Waals surface area (Å²) in [5.74, 6) is -0.474. The van der Waals surface area contributed by atoms with Crippen LogP contribution in [0.25, 0.3) is 0 Å². The number of benzene rings is 2. The summed E-state index contributed by atoms with van der Waals surface area (Å²) in [4.78, 5) is 11.2. The van der Waals surface area contributed by atoms with Crippen molar-refractivity contribution in [1.29, 1.82) is 0 Å². The van der Waals surface area contributed by atoms with E-state index in [1.165, 1.54) is 17.8 Å². The molecule has 0 aromatic heterocycles. The van der Waals surface area contributed by atoms with Gasteiger partial charge in [0.05, 0.1) is 11.3 Å². The Balaban J connectivity index is 1.81. The molecule has 7 heteroatoms. The van der Waals surface area contributed by atoms with Crippen LogP contribution in [0.15, 0.2) is 48.5 Å². The molecule has 0 aliphatic carbocycles. The molecule has 3 N–H and O–H groups in total. The minimum absolute atomic E-state index is 0.0524. The van der Waals surface area contributed by atoms with Crippen LogP contribution in [0.4, 0.5) is 0 Å². The molecule has 2 aromatic rings. The minimum atomic E-state index is -3.12. The predicted molar refractivity (Wildman–Crippen MR) is 89.4 cm³/mol. The van der Waals surface area contributed by atoms with Crippen molar-refractivity contribution in [3.8, 4) is 5.75 Å². The highest BCUT2D eigenvalue weighted by molar-refractivity contribution is 8.00. The van der Waals surface area contributed by atoms with Crippen LogP contribution in [-0.4, -0.2) is 33.0 Å². The van der Waals surface area contributed by atoms with Crippen molar-refractivity contribution in [3.63, 3.8) is 0 Å². The van der Waals surface area contributed by atoms with Crippen LogP contribution in [0.3, 0.4) is 0 Å². The first-order valence-corrected chi connectivity index (χ1v) is 8.31. The molecule has 1 aliphatic rings. The van der Waals surface area contributed by atoms with E-state index in [9.17, 15) is 19.9 Å². The van der Waals surface area contributed by atoms with Crippen LogP contribution in [0.2, 0.25) is 0 Å². The lowest BCUT2D eigenvalue weighted by Gasteiger charge is -2.43. The number of carboxylic acid groups (broad SMARTS) is 1. The van der Waals surface area contributed by atoms with Crippen LogP contribution in [0.5, 0.6) is 5.75 Å². The number of fused-ring (bicyclic) bond motifs is 1. The van der Waals surface area contributed by atoms with E-state index in [0.29, 0.717) is 17.7 Å². The SMILES string of the molecule is O=C(O)c1cccc2c1O[B-](O)(O)[C@@H](SCc1ccccc1)C2. The van der Waals surface area contributed by atoms with Crippen LogP contribution in [0.1, 0.15) is 21.5 Å². The van der Waals surface area contributed by atoms with Gasteiger partial charge in [0, 0.05) is 5.75 Å². The number of hydrogen-bond donors (Lipinski definition) is 3. The molecule has 0 radical (unpaired) electrons. The molecule has 0 spiro atoms. The van der Waals surface area contributed by atoms with E-state index >= 15 is 0 Å². The fraction of sp³-hybridized carbons (Fsp3) is 0.188. The van der Waals surface area contributed by atoms with Gasteiger partial charge in [0.15, 0.2) is 0 Å². The van der Waals surface area contributed by atoms with E-state index in [1.54, 1.807) is 12.1 Å². The zero-order chi connectivity index (χ0) is 16.4. The molecule has 0 fully saturated rings. The Morgan fingerprint density at radius 3 is 2.61 bits per heavy atom. The lowest BCUT2D eigenvalue weighted by Crippen LogP contribution is -2.56. The molecule has 1 aliphatic heterocycles. The monoisotopic (exact) mass is 331 g/mol. The largest absolute Gasteiger partial charge is 0.669 e. The molecule has 0 amide bonds. The second kappa shape index (κ2) is 6.27. The van der Waals surface area contributed by atoms with Gasteiger partial charge >= 0.3 is 12.7 Å². The molecular weight excluding hydrogens is 315 g/mol. The fourth-order valence-corrected chi connectivity index (χ4v) is 3.84. The molecule has 1 heterocycles. The van der Waals surface area contributed by atoms with Crippen molar-refractivity contribution in [3.05, 3.63) is 65.2 Å². The summed E-state index contributed by atoms with van der Waals surface area (Å²) in [6.07, 6.45) is 0.348. The van der Waals surface area contributed by atoms with E-state index in [-0.39, 0.29) is 11.3 Å². The van der Waals surface area contributed by atoms with Gasteiger partial charge in [-0.15, -0.1) is 0 Å². The van der Waals surface area contributed by atoms with E-state index < -0.39 is 17.9 Å². The predicted octanol–water partition coefficient (Wildman–Crippen LogP) is 2.08. The molecule has 120 valence electrons. The lowest BCUT2D eigenvalue weighted by molar-refractivity contribution is 0.0693. The fourth-order valence-electron chi connectivity index (χ4n) is 2.63. The number of rotatable bonds is 4. The summed E-state index contributed by atoms with van der Waals surface area (Å²) in [6.45, 7) is -3.12. The summed E-state index contributed by atoms with van der Waals surface area (Å²) < 4.78 is 5.28. The van der Waals surface area contributed by atoms with Crippen LogP contribution in [-0.2, 0) is 12.2 Å². The number of thioether (sulfide) groups is 1. The van der Waals surface area contributed by atoms with Crippen molar-refractivity contribution < 1.29 is 24.6 Å². The smallest absolute Gasteiger partial charge is 0.443 e. The first-order chi connectivity index (χ1) is 11.0. The Morgan fingerprint density at radius 2 is 1.91 bits per heavy atom. The van der Waals surface area contributed by atoms with E-state index in [2.05, 4.69) is 0 Å². The zero-order valence-corrected chi connectivity index (χ0v) is 13.1. The van der Waals surface area contributed by atoms with Crippen molar-refractivity contribution in [1.82, 2.24) is 0 Å². The highest BCUT2D eigenvalue weighted by Gasteiger charge is 2.40. The van der Waals surface area contributed by atoms with Gasteiger partial charge in [0.25, 0.3) is 0 Å². The van der Waals surface area contributed by atoms with Crippen molar-refractivity contribution in [2.75, 3.05) is 0 Å². The van der Waals surface area contributed by atoms with Crippen molar-refractivity contribution in [2.45, 2.75) is 17.3 Å². The number of carbonyl (C=O) groups is 1. The quantitative estimate of drug-likeness (QED) is 0.744. The average Bonchev–Trinajstić information content (AvgIpc) is 2.52. The Labute approximate surface area is 137 Å². The van der Waals surface area contributed by atoms with Gasteiger partial charge in [0.1, 0.15) is 0 Å². The lowest BCUT2D eigenvalue weighted by atomic mass is 9.69. The minimum Gasteiger partial charge on any atom is -0.669 e. The Bertz CT molecular complexity index is 720. The number of aromatic carboxylic acids is 1. The third-order valence-electron chi connectivity index (χ3n) is 3.83. The molecule has 2 aromatic carbocycles. The van der Waals surface area contributed by atoms with Gasteiger partial charge < -0.3 is 19.8 Å². The molecular formula is C16H16BO5S-. The third kappa shape index (κ3) is 3.36. The van der Waals surface area contributed by atoms with E-state index in [1.807, 2.05) is 30.3 Å². The maximum Gasteiger partial charge on any atom is 0.443 e. The van der Waals surface area contributed by atoms with Gasteiger partial charge in [-0.3, -0.25) is 0 Å². The molecule has 0 bridgehead atoms. The molecule has 0 unspecified atom stereocenters. The summed E-state index contributed by atoms with van der Waals surface area (Å²) in [6, 6.07) is 14.5. The Morgan fingerprint density at radius 1 is 1.17 bits per heavy atom. The molecule has 3 rings (SSSR count). The van der Waals surface area contributed by atoms with Gasteiger partial charge in [0.2, 0.25) is 0 Å². The summed E-state index contributed by atoms with van der Waals surface area (Å²) in [5.41, 5.74) is 1.70. The average molecular weight is 331 g/mol. The maximum atomic E-state index is 11.2. The molecule has 1 atom stereocenters. The highest BCUT2D eigenvalue weighted by atomic mass is 32.2. The number of carboxylic acids is 1. The van der Waals surface area contributed by atoms with E-state index in [4.69, 9.17) is 4.65 Å². The Hall–Kier alpha value is -1.96. The van der Waals surface area contributed by atoms with Crippen LogP contribution in [0, 0.1) is 0 Å². The number of para-hydroxylation sites is 1. The molecule has 23 heavy (non-hydrogen) atoms. The molecule has 0 saturated carbocycles.